The molecular weight excluding hydrogens is 310 g/mol. The van der Waals surface area contributed by atoms with E-state index in [2.05, 4.69) is 30.7 Å². The molecule has 25 heavy (non-hydrogen) atoms. The zero-order chi connectivity index (χ0) is 17.4. The van der Waals surface area contributed by atoms with E-state index in [4.69, 9.17) is 4.98 Å². The Morgan fingerprint density at radius 1 is 1.08 bits per heavy atom. The lowest BCUT2D eigenvalue weighted by atomic mass is 9.85. The standard InChI is InChI=1S/C21H19N3O/c1-21(2)10-7-19-23-18-13-16(4-3-15-8-11-22-12-9-15)5-6-17(18)20(25)24(19)14-21/h5-6,8-9,11-13H,7,10,14H2,1-2H3. The molecule has 0 atom stereocenters. The maximum absolute atomic E-state index is 12.8. The minimum absolute atomic E-state index is 0.0569. The summed E-state index contributed by atoms with van der Waals surface area (Å²) in [5, 5.41) is 0.663. The summed E-state index contributed by atoms with van der Waals surface area (Å²) in [6.07, 6.45) is 5.33. The highest BCUT2D eigenvalue weighted by Crippen LogP contribution is 2.29. The number of benzene rings is 1. The van der Waals surface area contributed by atoms with Crippen molar-refractivity contribution in [2.45, 2.75) is 33.2 Å². The van der Waals surface area contributed by atoms with Gasteiger partial charge in [-0.15, -0.1) is 0 Å². The number of hydrogen-bond donors (Lipinski definition) is 0. The van der Waals surface area contributed by atoms with Crippen molar-refractivity contribution in [2.24, 2.45) is 5.41 Å². The summed E-state index contributed by atoms with van der Waals surface area (Å²) in [6.45, 7) is 5.13. The van der Waals surface area contributed by atoms with E-state index in [9.17, 15) is 4.79 Å². The van der Waals surface area contributed by atoms with Crippen molar-refractivity contribution in [1.82, 2.24) is 14.5 Å². The van der Waals surface area contributed by atoms with Crippen LogP contribution in [0.3, 0.4) is 0 Å². The van der Waals surface area contributed by atoms with Crippen molar-refractivity contribution in [3.05, 3.63) is 70.0 Å². The maximum atomic E-state index is 12.8. The number of rotatable bonds is 0. The lowest BCUT2D eigenvalue weighted by molar-refractivity contribution is 0.240. The molecule has 2 aromatic heterocycles. The van der Waals surface area contributed by atoms with Crippen LogP contribution in [0.4, 0.5) is 0 Å². The molecule has 124 valence electrons. The molecule has 0 fully saturated rings. The molecule has 0 saturated heterocycles. The van der Waals surface area contributed by atoms with Crippen LogP contribution >= 0.6 is 0 Å². The molecule has 1 aromatic carbocycles. The predicted molar refractivity (Wildman–Crippen MR) is 98.3 cm³/mol. The van der Waals surface area contributed by atoms with Gasteiger partial charge in [0.25, 0.3) is 5.56 Å². The summed E-state index contributed by atoms with van der Waals surface area (Å²) in [5.41, 5.74) is 2.70. The number of pyridine rings is 1. The van der Waals surface area contributed by atoms with Gasteiger partial charge in [-0.25, -0.2) is 4.98 Å². The number of hydrogen-bond acceptors (Lipinski definition) is 3. The Hall–Kier alpha value is -2.93. The third-order valence-electron chi connectivity index (χ3n) is 4.68. The van der Waals surface area contributed by atoms with Gasteiger partial charge < -0.3 is 0 Å². The Balaban J connectivity index is 1.78. The van der Waals surface area contributed by atoms with Gasteiger partial charge in [0.05, 0.1) is 10.9 Å². The first-order valence-electron chi connectivity index (χ1n) is 8.47. The first-order valence-corrected chi connectivity index (χ1v) is 8.47. The zero-order valence-corrected chi connectivity index (χ0v) is 14.4. The fraction of sp³-hybridized carbons (Fsp3) is 0.286. The van der Waals surface area contributed by atoms with Crippen molar-refractivity contribution in [1.29, 1.82) is 0 Å². The van der Waals surface area contributed by atoms with Gasteiger partial charge in [0.2, 0.25) is 0 Å². The van der Waals surface area contributed by atoms with E-state index < -0.39 is 0 Å². The number of nitrogens with zero attached hydrogens (tertiary/aromatic N) is 3. The van der Waals surface area contributed by atoms with Gasteiger partial charge in [-0.1, -0.05) is 25.7 Å². The molecular formula is C21H19N3O. The summed E-state index contributed by atoms with van der Waals surface area (Å²) in [6, 6.07) is 9.38. The second kappa shape index (κ2) is 5.86. The van der Waals surface area contributed by atoms with Gasteiger partial charge >= 0.3 is 0 Å². The average Bonchev–Trinajstić information content (AvgIpc) is 2.61. The van der Waals surface area contributed by atoms with Gasteiger partial charge in [-0.3, -0.25) is 14.3 Å². The molecule has 3 heterocycles. The van der Waals surface area contributed by atoms with E-state index in [1.54, 1.807) is 12.4 Å². The van der Waals surface area contributed by atoms with Gasteiger partial charge in [-0.05, 0) is 42.2 Å². The third kappa shape index (κ3) is 3.06. The molecule has 0 radical (unpaired) electrons. The number of fused-ring (bicyclic) bond motifs is 2. The van der Waals surface area contributed by atoms with Gasteiger partial charge in [0.1, 0.15) is 5.82 Å². The molecule has 1 aliphatic heterocycles. The van der Waals surface area contributed by atoms with Crippen LogP contribution in [0, 0.1) is 17.3 Å². The van der Waals surface area contributed by atoms with E-state index in [1.165, 1.54) is 0 Å². The molecule has 0 unspecified atom stereocenters. The van der Waals surface area contributed by atoms with Crippen LogP contribution in [-0.4, -0.2) is 14.5 Å². The van der Waals surface area contributed by atoms with Gasteiger partial charge in [0, 0.05) is 36.5 Å². The van der Waals surface area contributed by atoms with Crippen LogP contribution in [0.1, 0.15) is 37.2 Å². The molecule has 4 heteroatoms. The van der Waals surface area contributed by atoms with Crippen molar-refractivity contribution >= 4 is 10.9 Å². The van der Waals surface area contributed by atoms with Crippen molar-refractivity contribution in [3.63, 3.8) is 0 Å². The number of aromatic nitrogens is 3. The number of aryl methyl sites for hydroxylation is 1. The van der Waals surface area contributed by atoms with Crippen LogP contribution in [0.5, 0.6) is 0 Å². The topological polar surface area (TPSA) is 47.8 Å². The summed E-state index contributed by atoms with van der Waals surface area (Å²) >= 11 is 0. The summed E-state index contributed by atoms with van der Waals surface area (Å²) in [5.74, 6) is 7.14. The lowest BCUT2D eigenvalue weighted by Crippen LogP contribution is -2.36. The molecule has 0 N–H and O–H groups in total. The second-order valence-electron chi connectivity index (χ2n) is 7.30. The Kier molecular flexibility index (Phi) is 3.65. The van der Waals surface area contributed by atoms with E-state index in [0.717, 1.165) is 41.9 Å². The zero-order valence-electron chi connectivity index (χ0n) is 14.4. The highest BCUT2D eigenvalue weighted by Gasteiger charge is 2.27. The van der Waals surface area contributed by atoms with Crippen molar-refractivity contribution < 1.29 is 0 Å². The van der Waals surface area contributed by atoms with Crippen LogP contribution in [0.25, 0.3) is 10.9 Å². The van der Waals surface area contributed by atoms with Crippen molar-refractivity contribution in [3.8, 4) is 11.8 Å². The second-order valence-corrected chi connectivity index (χ2v) is 7.30. The lowest BCUT2D eigenvalue weighted by Gasteiger charge is -2.31. The summed E-state index contributed by atoms with van der Waals surface area (Å²) < 4.78 is 1.84. The highest BCUT2D eigenvalue weighted by molar-refractivity contribution is 5.79. The van der Waals surface area contributed by atoms with Gasteiger partial charge in [0.15, 0.2) is 0 Å². The Morgan fingerprint density at radius 2 is 1.84 bits per heavy atom. The quantitative estimate of drug-likeness (QED) is 0.595. The first kappa shape index (κ1) is 15.6. The van der Waals surface area contributed by atoms with E-state index >= 15 is 0 Å². The van der Waals surface area contributed by atoms with Crippen LogP contribution in [0.15, 0.2) is 47.5 Å². The van der Waals surface area contributed by atoms with Crippen LogP contribution in [0.2, 0.25) is 0 Å². The first-order chi connectivity index (χ1) is 12.0. The summed E-state index contributed by atoms with van der Waals surface area (Å²) in [7, 11) is 0. The molecule has 1 aliphatic rings. The SMILES string of the molecule is CC1(C)CCc2nc3cc(C#Cc4ccncc4)ccc3c(=O)n2C1. The van der Waals surface area contributed by atoms with E-state index in [0.29, 0.717) is 5.39 Å². The largest absolute Gasteiger partial charge is 0.296 e. The maximum Gasteiger partial charge on any atom is 0.261 e. The fourth-order valence-electron chi connectivity index (χ4n) is 3.24. The fourth-order valence-corrected chi connectivity index (χ4v) is 3.24. The minimum atomic E-state index is 0.0569. The normalized spacial score (nSPS) is 15.3. The highest BCUT2D eigenvalue weighted by atomic mass is 16.1. The summed E-state index contributed by atoms with van der Waals surface area (Å²) in [4.78, 5) is 21.6. The minimum Gasteiger partial charge on any atom is -0.296 e. The Bertz CT molecular complexity index is 1070. The van der Waals surface area contributed by atoms with Gasteiger partial charge in [-0.2, -0.15) is 0 Å². The molecule has 0 bridgehead atoms. The Labute approximate surface area is 146 Å². The van der Waals surface area contributed by atoms with Crippen LogP contribution in [-0.2, 0) is 13.0 Å². The molecule has 0 spiro atoms. The molecule has 3 aromatic rings. The average molecular weight is 329 g/mol. The molecule has 0 saturated carbocycles. The molecule has 4 rings (SSSR count). The predicted octanol–water partition coefficient (Wildman–Crippen LogP) is 3.16. The van der Waals surface area contributed by atoms with Crippen molar-refractivity contribution in [2.75, 3.05) is 0 Å². The van der Waals surface area contributed by atoms with E-state index in [-0.39, 0.29) is 11.0 Å². The molecule has 0 aliphatic carbocycles. The Morgan fingerprint density at radius 3 is 2.64 bits per heavy atom. The smallest absolute Gasteiger partial charge is 0.261 e. The monoisotopic (exact) mass is 329 g/mol. The molecule has 4 nitrogen and oxygen atoms in total. The molecule has 0 amide bonds. The third-order valence-corrected chi connectivity index (χ3v) is 4.68. The van der Waals surface area contributed by atoms with Crippen LogP contribution < -0.4 is 5.56 Å². The van der Waals surface area contributed by atoms with E-state index in [1.807, 2.05) is 34.9 Å².